The highest BCUT2D eigenvalue weighted by Gasteiger charge is 2.26. The van der Waals surface area contributed by atoms with E-state index in [1.165, 1.54) is 16.9 Å². The van der Waals surface area contributed by atoms with Gasteiger partial charge in [0, 0.05) is 11.6 Å². The van der Waals surface area contributed by atoms with Crippen molar-refractivity contribution in [1.82, 2.24) is 5.32 Å². The summed E-state index contributed by atoms with van der Waals surface area (Å²) in [5.74, 6) is 1.49. The first-order chi connectivity index (χ1) is 10.2. The first-order valence-corrected chi connectivity index (χ1v) is 8.60. The largest absolute Gasteiger partial charge is 0.493 e. The van der Waals surface area contributed by atoms with Gasteiger partial charge in [-0.1, -0.05) is 41.4 Å². The fraction of sp³-hybridized carbons (Fsp3) is 0.375. The molecule has 0 saturated carbocycles. The maximum Gasteiger partial charge on any atom is 0.122 e. The van der Waals surface area contributed by atoms with Crippen molar-refractivity contribution in [2.45, 2.75) is 24.8 Å². The predicted octanol–water partition coefficient (Wildman–Crippen LogP) is 5.27. The Kier molecular flexibility index (Phi) is 4.75. The molecule has 0 radical (unpaired) electrons. The summed E-state index contributed by atoms with van der Waals surface area (Å²) in [5.41, 5.74) is 2.39. The van der Waals surface area contributed by atoms with E-state index in [9.17, 15) is 0 Å². The average molecular weight is 342 g/mol. The SMILES string of the molecule is CNC(CC1CCOc2ccccc21)c1cc(Cl)sc1Cl. The Morgan fingerprint density at radius 3 is 2.90 bits per heavy atom. The van der Waals surface area contributed by atoms with Crippen LogP contribution in [0.25, 0.3) is 0 Å². The molecule has 2 heterocycles. The lowest BCUT2D eigenvalue weighted by Crippen LogP contribution is -2.22. The molecule has 112 valence electrons. The van der Waals surface area contributed by atoms with Crippen LogP contribution in [0.5, 0.6) is 5.75 Å². The van der Waals surface area contributed by atoms with E-state index in [4.69, 9.17) is 27.9 Å². The van der Waals surface area contributed by atoms with Crippen molar-refractivity contribution in [2.75, 3.05) is 13.7 Å². The predicted molar refractivity (Wildman–Crippen MR) is 90.1 cm³/mol. The van der Waals surface area contributed by atoms with Crippen LogP contribution in [0.2, 0.25) is 8.67 Å². The minimum atomic E-state index is 0.206. The van der Waals surface area contributed by atoms with Gasteiger partial charge in [0.2, 0.25) is 0 Å². The van der Waals surface area contributed by atoms with E-state index in [0.717, 1.165) is 39.4 Å². The van der Waals surface area contributed by atoms with E-state index in [2.05, 4.69) is 17.4 Å². The molecular weight excluding hydrogens is 325 g/mol. The second-order valence-corrected chi connectivity index (χ2v) is 7.51. The van der Waals surface area contributed by atoms with Gasteiger partial charge < -0.3 is 10.1 Å². The molecule has 1 aromatic carbocycles. The lowest BCUT2D eigenvalue weighted by atomic mass is 9.86. The Labute approximate surface area is 139 Å². The van der Waals surface area contributed by atoms with Crippen LogP contribution in [-0.4, -0.2) is 13.7 Å². The monoisotopic (exact) mass is 341 g/mol. The van der Waals surface area contributed by atoms with Crippen LogP contribution >= 0.6 is 34.5 Å². The molecule has 0 fully saturated rings. The lowest BCUT2D eigenvalue weighted by molar-refractivity contribution is 0.256. The maximum absolute atomic E-state index is 6.31. The summed E-state index contributed by atoms with van der Waals surface area (Å²) >= 11 is 13.8. The zero-order valence-corrected chi connectivity index (χ0v) is 14.1. The molecule has 0 spiro atoms. The Morgan fingerprint density at radius 1 is 1.38 bits per heavy atom. The van der Waals surface area contributed by atoms with Crippen molar-refractivity contribution in [3.63, 3.8) is 0 Å². The van der Waals surface area contributed by atoms with E-state index < -0.39 is 0 Å². The van der Waals surface area contributed by atoms with Crippen LogP contribution in [0, 0.1) is 0 Å². The van der Waals surface area contributed by atoms with Crippen LogP contribution in [0.3, 0.4) is 0 Å². The van der Waals surface area contributed by atoms with E-state index in [0.29, 0.717) is 5.92 Å². The summed E-state index contributed by atoms with van der Waals surface area (Å²) in [4.78, 5) is 0. The molecule has 0 amide bonds. The van der Waals surface area contributed by atoms with E-state index in [1.54, 1.807) is 0 Å². The summed E-state index contributed by atoms with van der Waals surface area (Å²) in [6.07, 6.45) is 2.02. The minimum absolute atomic E-state index is 0.206. The molecule has 2 aromatic rings. The number of halogens is 2. The molecule has 2 nitrogen and oxygen atoms in total. The highest BCUT2D eigenvalue weighted by atomic mass is 35.5. The molecule has 0 saturated heterocycles. The molecule has 3 rings (SSSR count). The summed E-state index contributed by atoms with van der Waals surface area (Å²) in [7, 11) is 1.97. The number of fused-ring (bicyclic) bond motifs is 1. The van der Waals surface area contributed by atoms with Gasteiger partial charge in [0.25, 0.3) is 0 Å². The third-order valence-electron chi connectivity index (χ3n) is 4.01. The van der Waals surface area contributed by atoms with Gasteiger partial charge in [0.15, 0.2) is 0 Å². The van der Waals surface area contributed by atoms with Gasteiger partial charge in [0.1, 0.15) is 5.75 Å². The third kappa shape index (κ3) is 3.21. The summed E-state index contributed by atoms with van der Waals surface area (Å²) < 4.78 is 7.25. The van der Waals surface area contributed by atoms with Gasteiger partial charge in [-0.3, -0.25) is 0 Å². The van der Waals surface area contributed by atoms with Gasteiger partial charge in [-0.05, 0) is 43.5 Å². The van der Waals surface area contributed by atoms with Crippen LogP contribution in [0.4, 0.5) is 0 Å². The van der Waals surface area contributed by atoms with Gasteiger partial charge in [-0.15, -0.1) is 11.3 Å². The number of hydrogen-bond acceptors (Lipinski definition) is 3. The van der Waals surface area contributed by atoms with Crippen LogP contribution < -0.4 is 10.1 Å². The van der Waals surface area contributed by atoms with Gasteiger partial charge in [-0.2, -0.15) is 0 Å². The normalized spacial score (nSPS) is 18.9. The van der Waals surface area contributed by atoms with E-state index in [-0.39, 0.29) is 6.04 Å². The fourth-order valence-electron chi connectivity index (χ4n) is 2.94. The molecule has 2 atom stereocenters. The van der Waals surface area contributed by atoms with Gasteiger partial charge in [-0.25, -0.2) is 0 Å². The molecule has 0 aliphatic carbocycles. The molecule has 2 unspecified atom stereocenters. The molecule has 1 aromatic heterocycles. The lowest BCUT2D eigenvalue weighted by Gasteiger charge is -2.29. The van der Waals surface area contributed by atoms with E-state index in [1.807, 2.05) is 25.2 Å². The van der Waals surface area contributed by atoms with Crippen molar-refractivity contribution in [1.29, 1.82) is 0 Å². The zero-order chi connectivity index (χ0) is 14.8. The Hall–Kier alpha value is -0.740. The Balaban J connectivity index is 1.84. The molecule has 1 N–H and O–H groups in total. The highest BCUT2D eigenvalue weighted by Crippen LogP contribution is 2.42. The van der Waals surface area contributed by atoms with Gasteiger partial charge in [0.05, 0.1) is 15.3 Å². The summed E-state index contributed by atoms with van der Waals surface area (Å²) in [6, 6.07) is 10.5. The first-order valence-electron chi connectivity index (χ1n) is 7.02. The second-order valence-electron chi connectivity index (χ2n) is 5.23. The van der Waals surface area contributed by atoms with E-state index >= 15 is 0 Å². The van der Waals surface area contributed by atoms with Gasteiger partial charge >= 0.3 is 0 Å². The van der Waals surface area contributed by atoms with Crippen molar-refractivity contribution in [3.8, 4) is 5.75 Å². The standard InChI is InChI=1S/C16H17Cl2NOS/c1-19-13(12-9-15(17)21-16(12)18)8-10-6-7-20-14-5-3-2-4-11(10)14/h2-5,9-10,13,19H,6-8H2,1H3. The second kappa shape index (κ2) is 6.57. The van der Waals surface area contributed by atoms with Crippen molar-refractivity contribution < 1.29 is 4.74 Å². The van der Waals surface area contributed by atoms with Crippen LogP contribution in [0.1, 0.15) is 35.9 Å². The number of hydrogen-bond donors (Lipinski definition) is 1. The first kappa shape index (κ1) is 15.2. The highest BCUT2D eigenvalue weighted by molar-refractivity contribution is 7.20. The minimum Gasteiger partial charge on any atom is -0.493 e. The molecule has 0 bridgehead atoms. The molecular formula is C16H17Cl2NOS. The molecule has 21 heavy (non-hydrogen) atoms. The fourth-order valence-corrected chi connectivity index (χ4v) is 4.52. The molecule has 1 aliphatic heterocycles. The average Bonchev–Trinajstić information content (AvgIpc) is 2.83. The maximum atomic E-state index is 6.31. The zero-order valence-electron chi connectivity index (χ0n) is 11.7. The number of ether oxygens (including phenoxy) is 1. The summed E-state index contributed by atoms with van der Waals surface area (Å²) in [6.45, 7) is 0.774. The Bertz CT molecular complexity index is 628. The molecule has 1 aliphatic rings. The molecule has 5 heteroatoms. The number of thiophene rings is 1. The number of rotatable bonds is 4. The topological polar surface area (TPSA) is 21.3 Å². The number of nitrogens with one attached hydrogen (secondary N) is 1. The van der Waals surface area contributed by atoms with Crippen molar-refractivity contribution >= 4 is 34.5 Å². The van der Waals surface area contributed by atoms with Crippen LogP contribution in [0.15, 0.2) is 30.3 Å². The Morgan fingerprint density at radius 2 is 2.19 bits per heavy atom. The summed E-state index contributed by atoms with van der Waals surface area (Å²) in [5, 5.41) is 3.37. The van der Waals surface area contributed by atoms with Crippen LogP contribution in [-0.2, 0) is 0 Å². The van der Waals surface area contributed by atoms with Crippen molar-refractivity contribution in [2.24, 2.45) is 0 Å². The van der Waals surface area contributed by atoms with Crippen molar-refractivity contribution in [3.05, 3.63) is 50.1 Å². The number of benzene rings is 1. The smallest absolute Gasteiger partial charge is 0.122 e. The quantitative estimate of drug-likeness (QED) is 0.817. The third-order valence-corrected chi connectivity index (χ3v) is 5.53. The number of para-hydroxylation sites is 1.